The minimum atomic E-state index is -3.78. The van der Waals surface area contributed by atoms with Gasteiger partial charge < -0.3 is 15.5 Å². The fourth-order valence-corrected chi connectivity index (χ4v) is 2.43. The number of benzene rings is 1. The summed E-state index contributed by atoms with van der Waals surface area (Å²) in [5, 5.41) is 20.7. The Kier molecular flexibility index (Phi) is 5.62. The summed E-state index contributed by atoms with van der Waals surface area (Å²) in [7, 11) is -3.78. The molecular weight excluding hydrogens is 298 g/mol. The Morgan fingerprint density at radius 2 is 1.81 bits per heavy atom. The van der Waals surface area contributed by atoms with Crippen LogP contribution in [0.5, 0.6) is 0 Å². The molecule has 0 aromatic heterocycles. The van der Waals surface area contributed by atoms with E-state index in [-0.39, 0.29) is 4.90 Å². The Labute approximate surface area is 121 Å². The Morgan fingerprint density at radius 3 is 2.29 bits per heavy atom. The van der Waals surface area contributed by atoms with E-state index in [1.54, 1.807) is 6.07 Å². The zero-order valence-electron chi connectivity index (χ0n) is 11.1. The van der Waals surface area contributed by atoms with Crippen LogP contribution < -0.4 is 5.32 Å². The number of carboxylic acid groups (broad SMARTS) is 1. The van der Waals surface area contributed by atoms with E-state index in [1.165, 1.54) is 31.2 Å². The van der Waals surface area contributed by atoms with Gasteiger partial charge in [0.1, 0.15) is 0 Å². The highest BCUT2D eigenvalue weighted by molar-refractivity contribution is 7.94. The lowest BCUT2D eigenvalue weighted by molar-refractivity contribution is -0.144. The minimum absolute atomic E-state index is 0.0133. The smallest absolute Gasteiger partial charge is 0.328 e. The van der Waals surface area contributed by atoms with Crippen molar-refractivity contribution in [2.75, 3.05) is 0 Å². The number of aliphatic hydroxyl groups excluding tert-OH is 1. The van der Waals surface area contributed by atoms with Crippen LogP contribution in [0.1, 0.15) is 6.92 Å². The van der Waals surface area contributed by atoms with E-state index in [4.69, 9.17) is 5.11 Å². The second-order valence-electron chi connectivity index (χ2n) is 4.23. The molecule has 0 aliphatic carbocycles. The molecule has 114 valence electrons. The molecule has 1 aromatic rings. The first-order chi connectivity index (χ1) is 9.74. The SMILES string of the molecule is CC(O)C(NC(=O)/C=C/S(=O)(=O)c1ccccc1)C(=O)O. The number of carbonyl (C=O) groups excluding carboxylic acids is 1. The standard InChI is InChI=1S/C13H15NO6S/c1-9(15)12(13(17)18)14-11(16)7-8-21(19,20)10-5-3-2-4-6-10/h2-9,12,15H,1H3,(H,14,16)(H,17,18)/b8-7+. The van der Waals surface area contributed by atoms with E-state index in [1.807, 2.05) is 5.32 Å². The molecule has 0 saturated carbocycles. The van der Waals surface area contributed by atoms with Gasteiger partial charge in [-0.25, -0.2) is 13.2 Å². The number of aliphatic carboxylic acids is 1. The highest BCUT2D eigenvalue weighted by atomic mass is 32.2. The molecular formula is C13H15NO6S. The van der Waals surface area contributed by atoms with Gasteiger partial charge in [-0.05, 0) is 19.1 Å². The van der Waals surface area contributed by atoms with E-state index >= 15 is 0 Å². The molecule has 3 N–H and O–H groups in total. The van der Waals surface area contributed by atoms with Crippen LogP contribution in [-0.2, 0) is 19.4 Å². The van der Waals surface area contributed by atoms with Gasteiger partial charge in [-0.1, -0.05) is 18.2 Å². The fraction of sp³-hybridized carbons (Fsp3) is 0.231. The lowest BCUT2D eigenvalue weighted by Crippen LogP contribution is -2.47. The summed E-state index contributed by atoms with van der Waals surface area (Å²) >= 11 is 0. The van der Waals surface area contributed by atoms with Gasteiger partial charge in [0.15, 0.2) is 15.9 Å². The van der Waals surface area contributed by atoms with E-state index < -0.39 is 33.9 Å². The third kappa shape index (κ3) is 5.01. The van der Waals surface area contributed by atoms with Gasteiger partial charge in [-0.2, -0.15) is 0 Å². The average Bonchev–Trinajstić information content (AvgIpc) is 2.43. The van der Waals surface area contributed by atoms with E-state index in [0.29, 0.717) is 11.5 Å². The molecule has 1 rings (SSSR count). The van der Waals surface area contributed by atoms with E-state index in [0.717, 1.165) is 0 Å². The van der Waals surface area contributed by atoms with Crippen LogP contribution in [0.15, 0.2) is 46.7 Å². The third-order valence-electron chi connectivity index (χ3n) is 2.52. The zero-order valence-corrected chi connectivity index (χ0v) is 11.9. The van der Waals surface area contributed by atoms with Crippen molar-refractivity contribution >= 4 is 21.7 Å². The summed E-state index contributed by atoms with van der Waals surface area (Å²) in [5.41, 5.74) is 0. The number of rotatable bonds is 6. The number of sulfone groups is 1. The largest absolute Gasteiger partial charge is 0.480 e. The number of carboxylic acids is 1. The summed E-state index contributed by atoms with van der Waals surface area (Å²) in [5.74, 6) is -2.35. The van der Waals surface area contributed by atoms with Crippen molar-refractivity contribution in [2.24, 2.45) is 0 Å². The van der Waals surface area contributed by atoms with Gasteiger partial charge in [0, 0.05) is 11.5 Å². The van der Waals surface area contributed by atoms with Crippen molar-refractivity contribution in [3.63, 3.8) is 0 Å². The molecule has 2 unspecified atom stereocenters. The minimum Gasteiger partial charge on any atom is -0.480 e. The van der Waals surface area contributed by atoms with Crippen molar-refractivity contribution < 1.29 is 28.2 Å². The van der Waals surface area contributed by atoms with Crippen LogP contribution in [0.2, 0.25) is 0 Å². The van der Waals surface area contributed by atoms with E-state index in [9.17, 15) is 23.1 Å². The van der Waals surface area contributed by atoms with Crippen molar-refractivity contribution in [2.45, 2.75) is 24.0 Å². The lowest BCUT2D eigenvalue weighted by Gasteiger charge is -2.15. The molecule has 0 saturated heterocycles. The number of hydrogen-bond donors (Lipinski definition) is 3. The van der Waals surface area contributed by atoms with Crippen molar-refractivity contribution in [1.82, 2.24) is 5.32 Å². The van der Waals surface area contributed by atoms with Gasteiger partial charge >= 0.3 is 5.97 Å². The van der Waals surface area contributed by atoms with Gasteiger partial charge in [0.2, 0.25) is 5.91 Å². The van der Waals surface area contributed by atoms with Crippen LogP contribution in [0.3, 0.4) is 0 Å². The maximum absolute atomic E-state index is 11.9. The van der Waals surface area contributed by atoms with Crippen molar-refractivity contribution in [3.8, 4) is 0 Å². The maximum atomic E-state index is 11.9. The van der Waals surface area contributed by atoms with Gasteiger partial charge in [-0.15, -0.1) is 0 Å². The number of hydrogen-bond acceptors (Lipinski definition) is 5. The quantitative estimate of drug-likeness (QED) is 0.632. The van der Waals surface area contributed by atoms with Crippen LogP contribution in [0.25, 0.3) is 0 Å². The topological polar surface area (TPSA) is 121 Å². The molecule has 0 spiro atoms. The lowest BCUT2D eigenvalue weighted by atomic mass is 10.2. The maximum Gasteiger partial charge on any atom is 0.328 e. The van der Waals surface area contributed by atoms with Crippen molar-refractivity contribution in [1.29, 1.82) is 0 Å². The third-order valence-corrected chi connectivity index (χ3v) is 3.94. The summed E-state index contributed by atoms with van der Waals surface area (Å²) in [4.78, 5) is 22.3. The Hall–Kier alpha value is -2.19. The second kappa shape index (κ2) is 7.00. The predicted molar refractivity (Wildman–Crippen MR) is 74.0 cm³/mol. The number of carbonyl (C=O) groups is 2. The first-order valence-electron chi connectivity index (χ1n) is 5.93. The predicted octanol–water partition coefficient (Wildman–Crippen LogP) is -0.0758. The molecule has 8 heteroatoms. The van der Waals surface area contributed by atoms with Gasteiger partial charge in [-0.3, -0.25) is 4.79 Å². The molecule has 0 fully saturated rings. The first kappa shape index (κ1) is 16.9. The summed E-state index contributed by atoms with van der Waals surface area (Å²) in [6.07, 6.45) is -0.605. The Morgan fingerprint density at radius 1 is 1.24 bits per heavy atom. The first-order valence-corrected chi connectivity index (χ1v) is 7.48. The molecule has 21 heavy (non-hydrogen) atoms. The Bertz CT molecular complexity index is 636. The number of nitrogens with one attached hydrogen (secondary N) is 1. The molecule has 0 bridgehead atoms. The summed E-state index contributed by atoms with van der Waals surface area (Å²) < 4.78 is 23.7. The van der Waals surface area contributed by atoms with Crippen LogP contribution in [0, 0.1) is 0 Å². The molecule has 0 heterocycles. The van der Waals surface area contributed by atoms with Gasteiger partial charge in [0.05, 0.1) is 11.0 Å². The van der Waals surface area contributed by atoms with E-state index in [2.05, 4.69) is 0 Å². The molecule has 7 nitrogen and oxygen atoms in total. The molecule has 0 radical (unpaired) electrons. The Balaban J connectivity index is 2.81. The number of amides is 1. The monoisotopic (exact) mass is 313 g/mol. The highest BCUT2D eigenvalue weighted by Crippen LogP contribution is 2.10. The average molecular weight is 313 g/mol. The van der Waals surface area contributed by atoms with Gasteiger partial charge in [0.25, 0.3) is 0 Å². The number of aliphatic hydroxyl groups is 1. The molecule has 0 aliphatic rings. The summed E-state index contributed by atoms with van der Waals surface area (Å²) in [6.45, 7) is 1.20. The van der Waals surface area contributed by atoms with Crippen LogP contribution in [-0.4, -0.2) is 42.7 Å². The van der Waals surface area contributed by atoms with Crippen molar-refractivity contribution in [3.05, 3.63) is 41.8 Å². The summed E-state index contributed by atoms with van der Waals surface area (Å²) in [6, 6.07) is 5.95. The fourth-order valence-electron chi connectivity index (χ4n) is 1.43. The second-order valence-corrected chi connectivity index (χ2v) is 6.06. The molecule has 2 atom stereocenters. The molecule has 0 aliphatic heterocycles. The normalized spacial score (nSPS) is 14.6. The molecule has 1 aromatic carbocycles. The van der Waals surface area contributed by atoms with Crippen LogP contribution in [0.4, 0.5) is 0 Å². The molecule has 1 amide bonds. The zero-order chi connectivity index (χ0) is 16.0. The highest BCUT2D eigenvalue weighted by Gasteiger charge is 2.24. The van der Waals surface area contributed by atoms with Crippen LogP contribution >= 0.6 is 0 Å².